The van der Waals surface area contributed by atoms with Crippen LogP contribution < -0.4 is 10.6 Å². The van der Waals surface area contributed by atoms with Gasteiger partial charge in [0, 0.05) is 6.42 Å². The van der Waals surface area contributed by atoms with E-state index < -0.39 is 0 Å². The van der Waals surface area contributed by atoms with Crippen molar-refractivity contribution in [1.29, 1.82) is 0 Å². The van der Waals surface area contributed by atoms with Gasteiger partial charge >= 0.3 is 0 Å². The predicted octanol–water partition coefficient (Wildman–Crippen LogP) is 2.95. The molecule has 3 heteroatoms. The first-order valence-corrected chi connectivity index (χ1v) is 7.72. The molecule has 1 aliphatic rings. The number of hydrogen-bond donors (Lipinski definition) is 2. The van der Waals surface area contributed by atoms with Gasteiger partial charge in [0.1, 0.15) is 0 Å². The van der Waals surface area contributed by atoms with Crippen LogP contribution in [-0.4, -0.2) is 19.0 Å². The van der Waals surface area contributed by atoms with E-state index in [1.54, 1.807) is 0 Å². The molecule has 3 nitrogen and oxygen atoms in total. The van der Waals surface area contributed by atoms with Crippen molar-refractivity contribution in [3.8, 4) is 0 Å². The Kier molecular flexibility index (Phi) is 5.60. The second-order valence-corrected chi connectivity index (χ2v) is 5.94. The molecule has 20 heavy (non-hydrogen) atoms. The number of benzene rings is 1. The molecule has 1 aliphatic heterocycles. The van der Waals surface area contributed by atoms with Crippen molar-refractivity contribution in [3.63, 3.8) is 0 Å². The smallest absolute Gasteiger partial charge is 0.220 e. The summed E-state index contributed by atoms with van der Waals surface area (Å²) in [5.41, 5.74) is 2.42. The number of aryl methyl sites for hydroxylation is 1. The van der Waals surface area contributed by atoms with Gasteiger partial charge in [-0.15, -0.1) is 0 Å². The zero-order valence-electron chi connectivity index (χ0n) is 12.6. The van der Waals surface area contributed by atoms with Crippen molar-refractivity contribution < 1.29 is 4.79 Å². The van der Waals surface area contributed by atoms with E-state index in [0.29, 0.717) is 6.42 Å². The topological polar surface area (TPSA) is 41.1 Å². The van der Waals surface area contributed by atoms with E-state index in [9.17, 15) is 4.79 Å². The molecule has 1 aromatic carbocycles. The molecule has 0 bridgehead atoms. The summed E-state index contributed by atoms with van der Waals surface area (Å²) in [4.78, 5) is 12.0. The van der Waals surface area contributed by atoms with E-state index in [0.717, 1.165) is 25.4 Å². The summed E-state index contributed by atoms with van der Waals surface area (Å²) in [7, 11) is 0. The van der Waals surface area contributed by atoms with Gasteiger partial charge in [0.15, 0.2) is 0 Å². The summed E-state index contributed by atoms with van der Waals surface area (Å²) in [6, 6.07) is 8.43. The van der Waals surface area contributed by atoms with E-state index in [2.05, 4.69) is 42.7 Å². The lowest BCUT2D eigenvalue weighted by Gasteiger charge is -2.22. The average Bonchev–Trinajstić information content (AvgIpc) is 2.46. The lowest BCUT2D eigenvalue weighted by atomic mass is 9.93. The molecule has 1 saturated heterocycles. The third-order valence-corrected chi connectivity index (χ3v) is 4.16. The van der Waals surface area contributed by atoms with E-state index in [-0.39, 0.29) is 11.9 Å². The van der Waals surface area contributed by atoms with E-state index in [1.807, 2.05) is 6.07 Å². The van der Waals surface area contributed by atoms with Crippen LogP contribution in [0.5, 0.6) is 0 Å². The number of carbonyl (C=O) groups is 1. The number of amides is 1. The molecular formula is C17H26N2O. The quantitative estimate of drug-likeness (QED) is 0.866. The Balaban J connectivity index is 1.76. The molecule has 110 valence electrons. The first kappa shape index (κ1) is 15.0. The van der Waals surface area contributed by atoms with E-state index in [4.69, 9.17) is 0 Å². The van der Waals surface area contributed by atoms with Crippen molar-refractivity contribution in [3.05, 3.63) is 35.4 Å². The molecule has 1 fully saturated rings. The van der Waals surface area contributed by atoms with Crippen LogP contribution in [-0.2, 0) is 4.79 Å². The van der Waals surface area contributed by atoms with Crippen molar-refractivity contribution in [2.75, 3.05) is 13.1 Å². The van der Waals surface area contributed by atoms with Gasteiger partial charge in [0.05, 0.1) is 6.04 Å². The summed E-state index contributed by atoms with van der Waals surface area (Å²) >= 11 is 0. The summed E-state index contributed by atoms with van der Waals surface area (Å²) in [5, 5.41) is 6.47. The van der Waals surface area contributed by atoms with Gasteiger partial charge in [0.2, 0.25) is 5.91 Å². The first-order valence-electron chi connectivity index (χ1n) is 7.72. The largest absolute Gasteiger partial charge is 0.350 e. The average molecular weight is 274 g/mol. The minimum atomic E-state index is 0.0930. The Hall–Kier alpha value is -1.35. The van der Waals surface area contributed by atoms with Gasteiger partial charge in [-0.05, 0) is 57.7 Å². The number of piperidine rings is 1. The molecular weight excluding hydrogens is 248 g/mol. The molecule has 1 heterocycles. The standard InChI is InChI=1S/C17H26N2O/c1-13-4-3-5-16(12-13)14(2)19-17(20)7-6-15-8-10-18-11-9-15/h3-5,12,14-15,18H,6-11H2,1-2H3,(H,19,20)/t14-/m1/s1. The molecule has 2 rings (SSSR count). The van der Waals surface area contributed by atoms with Crippen molar-refractivity contribution in [2.24, 2.45) is 5.92 Å². The Morgan fingerprint density at radius 1 is 1.40 bits per heavy atom. The molecule has 1 aromatic rings. The van der Waals surface area contributed by atoms with Crippen molar-refractivity contribution in [2.45, 2.75) is 45.6 Å². The summed E-state index contributed by atoms with van der Waals surface area (Å²) in [6.45, 7) is 6.34. The fraction of sp³-hybridized carbons (Fsp3) is 0.588. The van der Waals surface area contributed by atoms with Crippen LogP contribution in [0.1, 0.15) is 49.8 Å². The Morgan fingerprint density at radius 2 is 2.15 bits per heavy atom. The van der Waals surface area contributed by atoms with E-state index >= 15 is 0 Å². The maximum atomic E-state index is 12.0. The molecule has 2 N–H and O–H groups in total. The molecule has 0 aromatic heterocycles. The molecule has 0 radical (unpaired) electrons. The van der Waals surface area contributed by atoms with Gasteiger partial charge < -0.3 is 10.6 Å². The van der Waals surface area contributed by atoms with E-state index in [1.165, 1.54) is 24.0 Å². The molecule has 0 spiro atoms. The lowest BCUT2D eigenvalue weighted by Crippen LogP contribution is -2.30. The highest BCUT2D eigenvalue weighted by Gasteiger charge is 2.15. The normalized spacial score (nSPS) is 17.7. The summed E-state index contributed by atoms with van der Waals surface area (Å²) < 4.78 is 0. The van der Waals surface area contributed by atoms with Gasteiger partial charge in [-0.1, -0.05) is 29.8 Å². The monoisotopic (exact) mass is 274 g/mol. The van der Waals surface area contributed by atoms with Crippen LogP contribution in [0.15, 0.2) is 24.3 Å². The minimum Gasteiger partial charge on any atom is -0.350 e. The second kappa shape index (κ2) is 7.44. The number of hydrogen-bond acceptors (Lipinski definition) is 2. The number of rotatable bonds is 5. The Labute approximate surface area is 122 Å². The SMILES string of the molecule is Cc1cccc([C@@H](C)NC(=O)CCC2CCNCC2)c1. The maximum absolute atomic E-state index is 12.0. The Morgan fingerprint density at radius 3 is 2.85 bits per heavy atom. The highest BCUT2D eigenvalue weighted by molar-refractivity contribution is 5.76. The van der Waals surface area contributed by atoms with Crippen LogP contribution in [0.25, 0.3) is 0 Å². The lowest BCUT2D eigenvalue weighted by molar-refractivity contribution is -0.122. The summed E-state index contributed by atoms with van der Waals surface area (Å²) in [6.07, 6.45) is 4.09. The molecule has 0 unspecified atom stereocenters. The molecule has 0 saturated carbocycles. The number of nitrogens with one attached hydrogen (secondary N) is 2. The highest BCUT2D eigenvalue weighted by atomic mass is 16.1. The minimum absolute atomic E-state index is 0.0930. The van der Waals surface area contributed by atoms with Crippen LogP contribution in [0, 0.1) is 12.8 Å². The van der Waals surface area contributed by atoms with Crippen LogP contribution in [0.4, 0.5) is 0 Å². The van der Waals surface area contributed by atoms with Crippen LogP contribution in [0.3, 0.4) is 0 Å². The first-order chi connectivity index (χ1) is 9.65. The predicted molar refractivity (Wildman–Crippen MR) is 82.6 cm³/mol. The zero-order valence-corrected chi connectivity index (χ0v) is 12.6. The summed E-state index contributed by atoms with van der Waals surface area (Å²) in [5.74, 6) is 0.897. The van der Waals surface area contributed by atoms with Gasteiger partial charge in [-0.25, -0.2) is 0 Å². The maximum Gasteiger partial charge on any atom is 0.220 e. The van der Waals surface area contributed by atoms with Crippen LogP contribution >= 0.6 is 0 Å². The van der Waals surface area contributed by atoms with Crippen molar-refractivity contribution >= 4 is 5.91 Å². The molecule has 0 aliphatic carbocycles. The second-order valence-electron chi connectivity index (χ2n) is 5.94. The number of carbonyl (C=O) groups excluding carboxylic acids is 1. The highest BCUT2D eigenvalue weighted by Crippen LogP contribution is 2.18. The zero-order chi connectivity index (χ0) is 14.4. The van der Waals surface area contributed by atoms with Gasteiger partial charge in [-0.2, -0.15) is 0 Å². The molecule has 1 atom stereocenters. The Bertz CT molecular complexity index is 438. The third kappa shape index (κ3) is 4.64. The third-order valence-electron chi connectivity index (χ3n) is 4.16. The van der Waals surface area contributed by atoms with Crippen molar-refractivity contribution in [1.82, 2.24) is 10.6 Å². The van der Waals surface area contributed by atoms with Crippen LogP contribution in [0.2, 0.25) is 0 Å². The molecule has 1 amide bonds. The van der Waals surface area contributed by atoms with Gasteiger partial charge in [0.25, 0.3) is 0 Å². The fourth-order valence-corrected chi connectivity index (χ4v) is 2.84. The van der Waals surface area contributed by atoms with Gasteiger partial charge in [-0.3, -0.25) is 4.79 Å². The fourth-order valence-electron chi connectivity index (χ4n) is 2.84.